The van der Waals surface area contributed by atoms with Gasteiger partial charge in [0.15, 0.2) is 0 Å². The number of carboxylic acids is 1. The third kappa shape index (κ3) is 3.19. The highest BCUT2D eigenvalue weighted by molar-refractivity contribution is 6.31. The first kappa shape index (κ1) is 18.0. The topological polar surface area (TPSA) is 70.4 Å². The number of phenolic OH excluding ortho intramolecular Hbond substituents is 1. The maximum Gasteiger partial charge on any atom is 0.336 e. The highest BCUT2D eigenvalue weighted by Crippen LogP contribution is 2.32. The van der Waals surface area contributed by atoms with Crippen molar-refractivity contribution in [3.8, 4) is 28.1 Å². The number of hydrogen-bond acceptors (Lipinski definition) is 3. The maximum absolute atomic E-state index is 11.9. The van der Waals surface area contributed by atoms with E-state index in [0.29, 0.717) is 27.2 Å². The van der Waals surface area contributed by atoms with E-state index < -0.39 is 5.97 Å². The molecule has 4 aromatic rings. The van der Waals surface area contributed by atoms with Gasteiger partial charge in [0.05, 0.1) is 16.8 Å². The summed E-state index contributed by atoms with van der Waals surface area (Å²) in [4.78, 5) is 16.6. The number of carboxylic acid groups (broad SMARTS) is 1. The van der Waals surface area contributed by atoms with Gasteiger partial charge in [0.2, 0.25) is 0 Å². The van der Waals surface area contributed by atoms with Crippen LogP contribution in [0.15, 0.2) is 66.7 Å². The van der Waals surface area contributed by atoms with Gasteiger partial charge in [0.25, 0.3) is 0 Å². The molecule has 0 spiro atoms. The number of aromatic hydroxyl groups is 1. The molecule has 0 saturated heterocycles. The number of aromatic nitrogens is 1. The third-order valence-electron chi connectivity index (χ3n) is 4.76. The average Bonchev–Trinajstić information content (AvgIpc) is 2.68. The molecule has 5 heteroatoms. The first-order valence-corrected chi connectivity index (χ1v) is 9.05. The van der Waals surface area contributed by atoms with Crippen molar-refractivity contribution < 1.29 is 15.0 Å². The summed E-state index contributed by atoms with van der Waals surface area (Å²) in [6.07, 6.45) is 0. The molecule has 1 heterocycles. The van der Waals surface area contributed by atoms with Crippen LogP contribution in [0.3, 0.4) is 0 Å². The minimum Gasteiger partial charge on any atom is -0.508 e. The third-order valence-corrected chi connectivity index (χ3v) is 5.00. The smallest absolute Gasteiger partial charge is 0.336 e. The predicted molar refractivity (Wildman–Crippen MR) is 111 cm³/mol. The van der Waals surface area contributed by atoms with Gasteiger partial charge in [-0.25, -0.2) is 9.78 Å². The maximum atomic E-state index is 11.9. The lowest BCUT2D eigenvalue weighted by Gasteiger charge is -2.13. The Balaban J connectivity index is 1.85. The summed E-state index contributed by atoms with van der Waals surface area (Å²) in [5.74, 6) is -0.785. The van der Waals surface area contributed by atoms with Gasteiger partial charge < -0.3 is 10.2 Å². The van der Waals surface area contributed by atoms with E-state index in [0.717, 1.165) is 16.7 Å². The minimum atomic E-state index is -1.01. The molecule has 0 amide bonds. The Bertz CT molecular complexity index is 1200. The van der Waals surface area contributed by atoms with Crippen LogP contribution < -0.4 is 0 Å². The van der Waals surface area contributed by atoms with Crippen molar-refractivity contribution in [3.63, 3.8) is 0 Å². The fourth-order valence-corrected chi connectivity index (χ4v) is 3.53. The molecule has 4 nitrogen and oxygen atoms in total. The first-order chi connectivity index (χ1) is 13.4. The van der Waals surface area contributed by atoms with Crippen LogP contribution in [0.1, 0.15) is 15.9 Å². The van der Waals surface area contributed by atoms with Crippen molar-refractivity contribution in [2.45, 2.75) is 6.92 Å². The van der Waals surface area contributed by atoms with Gasteiger partial charge in [-0.1, -0.05) is 48.0 Å². The number of halogens is 1. The fraction of sp³-hybridized carbons (Fsp3) is 0.0435. The summed E-state index contributed by atoms with van der Waals surface area (Å²) in [7, 11) is 0. The summed E-state index contributed by atoms with van der Waals surface area (Å²) >= 11 is 6.05. The van der Waals surface area contributed by atoms with Gasteiger partial charge >= 0.3 is 5.97 Å². The van der Waals surface area contributed by atoms with E-state index in [-0.39, 0.29) is 11.3 Å². The average molecular weight is 390 g/mol. The van der Waals surface area contributed by atoms with E-state index in [1.165, 1.54) is 0 Å². The van der Waals surface area contributed by atoms with Crippen LogP contribution in [-0.4, -0.2) is 21.2 Å². The molecule has 28 heavy (non-hydrogen) atoms. The summed E-state index contributed by atoms with van der Waals surface area (Å²) < 4.78 is 0. The van der Waals surface area contributed by atoms with Crippen molar-refractivity contribution in [1.82, 2.24) is 4.98 Å². The number of aromatic carboxylic acids is 1. The van der Waals surface area contributed by atoms with Crippen LogP contribution in [0.2, 0.25) is 5.02 Å². The van der Waals surface area contributed by atoms with Gasteiger partial charge in [-0.05, 0) is 53.9 Å². The van der Waals surface area contributed by atoms with E-state index in [1.807, 2.05) is 36.4 Å². The SMILES string of the molecule is Cc1c(-c2ccc(-c3ccc(O)cc3)cc2)nc2ccc(Cl)cc2c1C(=O)O. The summed E-state index contributed by atoms with van der Waals surface area (Å²) in [6, 6.07) is 19.8. The van der Waals surface area contributed by atoms with Crippen LogP contribution in [0.4, 0.5) is 0 Å². The Morgan fingerprint density at radius 2 is 1.46 bits per heavy atom. The van der Waals surface area contributed by atoms with Crippen molar-refractivity contribution in [1.29, 1.82) is 0 Å². The van der Waals surface area contributed by atoms with E-state index in [1.54, 1.807) is 37.3 Å². The number of rotatable bonds is 3. The molecule has 0 atom stereocenters. The molecule has 0 bridgehead atoms. The molecule has 138 valence electrons. The van der Waals surface area contributed by atoms with E-state index in [2.05, 4.69) is 4.98 Å². The van der Waals surface area contributed by atoms with Crippen LogP contribution in [-0.2, 0) is 0 Å². The second-order valence-corrected chi connectivity index (χ2v) is 6.99. The lowest BCUT2D eigenvalue weighted by molar-refractivity contribution is 0.0698. The van der Waals surface area contributed by atoms with Gasteiger partial charge in [0.1, 0.15) is 5.75 Å². The zero-order valence-corrected chi connectivity index (χ0v) is 15.7. The minimum absolute atomic E-state index is 0.213. The van der Waals surface area contributed by atoms with Crippen LogP contribution in [0.25, 0.3) is 33.3 Å². The molecule has 4 rings (SSSR count). The normalized spacial score (nSPS) is 10.9. The zero-order valence-electron chi connectivity index (χ0n) is 15.0. The first-order valence-electron chi connectivity index (χ1n) is 8.67. The number of fused-ring (bicyclic) bond motifs is 1. The number of carbonyl (C=O) groups is 1. The number of nitrogens with zero attached hydrogens (tertiary/aromatic N) is 1. The molecule has 0 aliphatic carbocycles. The van der Waals surface area contributed by atoms with E-state index >= 15 is 0 Å². The quantitative estimate of drug-likeness (QED) is 0.455. The second-order valence-electron chi connectivity index (χ2n) is 6.55. The molecule has 3 aromatic carbocycles. The molecular formula is C23H16ClNO3. The Labute approximate surface area is 166 Å². The Hall–Kier alpha value is -3.37. The van der Waals surface area contributed by atoms with Crippen molar-refractivity contribution in [2.75, 3.05) is 0 Å². The van der Waals surface area contributed by atoms with E-state index in [4.69, 9.17) is 11.6 Å². The number of hydrogen-bond donors (Lipinski definition) is 2. The monoisotopic (exact) mass is 389 g/mol. The number of phenols is 1. The second kappa shape index (κ2) is 6.98. The standard InChI is InChI=1S/C23H16ClNO3/c1-13-21(23(27)28)19-12-17(24)8-11-20(19)25-22(13)16-4-2-14(3-5-16)15-6-9-18(26)10-7-15/h2-12,26H,1H3,(H,27,28). The molecule has 0 aliphatic heterocycles. The number of pyridine rings is 1. The number of benzene rings is 3. The summed E-state index contributed by atoms with van der Waals surface area (Å²) in [5.41, 5.74) is 4.83. The Morgan fingerprint density at radius 3 is 2.07 bits per heavy atom. The van der Waals surface area contributed by atoms with Crippen molar-refractivity contribution in [3.05, 3.63) is 82.9 Å². The van der Waals surface area contributed by atoms with E-state index in [9.17, 15) is 15.0 Å². The van der Waals surface area contributed by atoms with Gasteiger partial charge in [-0.3, -0.25) is 0 Å². The highest BCUT2D eigenvalue weighted by atomic mass is 35.5. The van der Waals surface area contributed by atoms with Gasteiger partial charge in [-0.15, -0.1) is 0 Å². The zero-order chi connectivity index (χ0) is 19.8. The fourth-order valence-electron chi connectivity index (χ4n) is 3.36. The largest absolute Gasteiger partial charge is 0.508 e. The van der Waals surface area contributed by atoms with Crippen molar-refractivity contribution >= 4 is 28.5 Å². The molecule has 0 radical (unpaired) electrons. The molecule has 0 fully saturated rings. The Kier molecular flexibility index (Phi) is 4.49. The Morgan fingerprint density at radius 1 is 0.893 bits per heavy atom. The molecule has 1 aromatic heterocycles. The van der Waals surface area contributed by atoms with Crippen LogP contribution >= 0.6 is 11.6 Å². The molecular weight excluding hydrogens is 374 g/mol. The summed E-state index contributed by atoms with van der Waals surface area (Å²) in [5, 5.41) is 20.2. The molecule has 0 saturated carbocycles. The highest BCUT2D eigenvalue weighted by Gasteiger charge is 2.18. The lowest BCUT2D eigenvalue weighted by Crippen LogP contribution is -2.05. The molecule has 0 aliphatic rings. The van der Waals surface area contributed by atoms with Gasteiger partial charge in [0, 0.05) is 16.0 Å². The molecule has 0 unspecified atom stereocenters. The summed E-state index contributed by atoms with van der Waals surface area (Å²) in [6.45, 7) is 1.76. The van der Waals surface area contributed by atoms with Crippen LogP contribution in [0.5, 0.6) is 5.75 Å². The predicted octanol–water partition coefficient (Wildman–Crippen LogP) is 5.93. The van der Waals surface area contributed by atoms with Gasteiger partial charge in [-0.2, -0.15) is 0 Å². The van der Waals surface area contributed by atoms with Crippen LogP contribution in [0, 0.1) is 6.92 Å². The molecule has 2 N–H and O–H groups in total. The lowest BCUT2D eigenvalue weighted by atomic mass is 9.96. The van der Waals surface area contributed by atoms with Crippen molar-refractivity contribution in [2.24, 2.45) is 0 Å².